The van der Waals surface area contributed by atoms with Crippen molar-refractivity contribution in [2.24, 2.45) is 5.73 Å². The van der Waals surface area contributed by atoms with Crippen LogP contribution in [0.4, 0.5) is 0 Å². The summed E-state index contributed by atoms with van der Waals surface area (Å²) < 4.78 is 1.06. The summed E-state index contributed by atoms with van der Waals surface area (Å²) in [7, 11) is 0. The fourth-order valence-corrected chi connectivity index (χ4v) is 3.11. The average Bonchev–Trinajstić information content (AvgIpc) is 2.17. The quantitative estimate of drug-likeness (QED) is 0.833. The van der Waals surface area contributed by atoms with E-state index in [0.29, 0.717) is 5.92 Å². The van der Waals surface area contributed by atoms with Crippen LogP contribution in [0.1, 0.15) is 29.9 Å². The van der Waals surface area contributed by atoms with Gasteiger partial charge in [0.1, 0.15) is 0 Å². The molecule has 0 saturated heterocycles. The number of benzene rings is 1. The molecule has 76 valence electrons. The molecule has 1 aromatic rings. The van der Waals surface area contributed by atoms with E-state index in [9.17, 15) is 0 Å². The minimum absolute atomic E-state index is 0.494. The topological polar surface area (TPSA) is 26.0 Å². The van der Waals surface area contributed by atoms with Gasteiger partial charge in [0.2, 0.25) is 0 Å². The predicted molar refractivity (Wildman–Crippen MR) is 63.9 cm³/mol. The van der Waals surface area contributed by atoms with Crippen LogP contribution in [0.15, 0.2) is 16.6 Å². The van der Waals surface area contributed by atoms with Gasteiger partial charge in [-0.1, -0.05) is 27.5 Å². The third-order valence-corrected chi connectivity index (χ3v) is 3.69. The molecule has 0 saturated carbocycles. The number of halogens is 2. The zero-order valence-electron chi connectivity index (χ0n) is 7.89. The minimum atomic E-state index is 0.494. The highest BCUT2D eigenvalue weighted by atomic mass is 79.9. The van der Waals surface area contributed by atoms with Crippen molar-refractivity contribution in [1.29, 1.82) is 0 Å². The van der Waals surface area contributed by atoms with Gasteiger partial charge < -0.3 is 5.73 Å². The molecule has 0 fully saturated rings. The summed E-state index contributed by atoms with van der Waals surface area (Å²) >= 11 is 9.67. The maximum atomic E-state index is 6.20. The van der Waals surface area contributed by atoms with Crippen molar-refractivity contribution in [2.75, 3.05) is 6.54 Å². The Morgan fingerprint density at radius 2 is 2.29 bits per heavy atom. The van der Waals surface area contributed by atoms with E-state index in [1.165, 1.54) is 24.0 Å². The second-order valence-corrected chi connectivity index (χ2v) is 5.10. The Hall–Kier alpha value is -0.0500. The number of hydrogen-bond donors (Lipinski definition) is 1. The first kappa shape index (κ1) is 10.5. The minimum Gasteiger partial charge on any atom is -0.330 e. The first-order chi connectivity index (χ1) is 6.72. The Bertz CT molecular complexity index is 351. The number of rotatable bonds is 1. The fraction of sp³-hybridized carbons (Fsp3) is 0.455. The summed E-state index contributed by atoms with van der Waals surface area (Å²) in [4.78, 5) is 0. The first-order valence-corrected chi connectivity index (χ1v) is 6.07. The molecule has 14 heavy (non-hydrogen) atoms. The van der Waals surface area contributed by atoms with Crippen LogP contribution in [0.2, 0.25) is 5.02 Å². The molecule has 1 nitrogen and oxygen atoms in total. The van der Waals surface area contributed by atoms with Gasteiger partial charge in [0.05, 0.1) is 0 Å². The van der Waals surface area contributed by atoms with Gasteiger partial charge in [0.25, 0.3) is 0 Å². The lowest BCUT2D eigenvalue weighted by Crippen LogP contribution is -2.18. The molecular weight excluding hydrogens is 261 g/mol. The predicted octanol–water partition coefficient (Wildman–Crippen LogP) is 3.48. The maximum absolute atomic E-state index is 6.20. The molecule has 2 N–H and O–H groups in total. The second-order valence-electron chi connectivity index (χ2n) is 3.78. The number of nitrogens with two attached hydrogens (primary N) is 1. The third-order valence-electron chi connectivity index (χ3n) is 2.90. The van der Waals surface area contributed by atoms with Gasteiger partial charge >= 0.3 is 0 Å². The van der Waals surface area contributed by atoms with Gasteiger partial charge in [-0.3, -0.25) is 0 Å². The van der Waals surface area contributed by atoms with Gasteiger partial charge in [-0.05, 0) is 55.0 Å². The summed E-state index contributed by atoms with van der Waals surface area (Å²) in [6, 6.07) is 4.14. The summed E-state index contributed by atoms with van der Waals surface area (Å²) in [5.41, 5.74) is 8.41. The Kier molecular flexibility index (Phi) is 3.15. The van der Waals surface area contributed by atoms with E-state index in [1.807, 2.05) is 6.07 Å². The zero-order valence-corrected chi connectivity index (χ0v) is 10.2. The van der Waals surface area contributed by atoms with Crippen LogP contribution < -0.4 is 5.73 Å². The SMILES string of the molecule is NCC1CCCc2c(Cl)cc(Br)cc21. The molecule has 0 aliphatic heterocycles. The Balaban J connectivity index is 2.51. The van der Waals surface area contributed by atoms with Crippen molar-refractivity contribution in [3.63, 3.8) is 0 Å². The van der Waals surface area contributed by atoms with Gasteiger partial charge in [-0.2, -0.15) is 0 Å². The lowest BCUT2D eigenvalue weighted by molar-refractivity contribution is 0.560. The molecule has 3 heteroatoms. The smallest absolute Gasteiger partial charge is 0.0452 e. The van der Waals surface area contributed by atoms with Crippen LogP contribution >= 0.6 is 27.5 Å². The van der Waals surface area contributed by atoms with Crippen molar-refractivity contribution >= 4 is 27.5 Å². The van der Waals surface area contributed by atoms with E-state index >= 15 is 0 Å². The van der Waals surface area contributed by atoms with Crippen LogP contribution in [0.3, 0.4) is 0 Å². The highest BCUT2D eigenvalue weighted by Gasteiger charge is 2.21. The molecule has 1 aliphatic carbocycles. The van der Waals surface area contributed by atoms with Crippen molar-refractivity contribution < 1.29 is 0 Å². The lowest BCUT2D eigenvalue weighted by Gasteiger charge is -2.25. The van der Waals surface area contributed by atoms with Gasteiger partial charge in [0, 0.05) is 9.50 Å². The van der Waals surface area contributed by atoms with E-state index in [0.717, 1.165) is 22.5 Å². The molecule has 0 bridgehead atoms. The first-order valence-electron chi connectivity index (χ1n) is 4.90. The van der Waals surface area contributed by atoms with Crippen molar-refractivity contribution in [1.82, 2.24) is 0 Å². The van der Waals surface area contributed by atoms with E-state index < -0.39 is 0 Å². The molecule has 0 aromatic heterocycles. The highest BCUT2D eigenvalue weighted by molar-refractivity contribution is 9.10. The molecule has 1 aromatic carbocycles. The van der Waals surface area contributed by atoms with Crippen molar-refractivity contribution in [3.05, 3.63) is 32.8 Å². The molecule has 1 aliphatic rings. The lowest BCUT2D eigenvalue weighted by atomic mass is 9.83. The molecule has 0 heterocycles. The highest BCUT2D eigenvalue weighted by Crippen LogP contribution is 2.37. The molecule has 2 rings (SSSR count). The molecule has 0 radical (unpaired) electrons. The standard InChI is InChI=1S/C11H13BrClN/c12-8-4-10-7(6-14)2-1-3-9(10)11(13)5-8/h4-5,7H,1-3,6,14H2. The van der Waals surface area contributed by atoms with Crippen LogP contribution in [0, 0.1) is 0 Å². The monoisotopic (exact) mass is 273 g/mol. The summed E-state index contributed by atoms with van der Waals surface area (Å²) in [6.07, 6.45) is 3.49. The Labute approximate surface area is 97.8 Å². The molecule has 0 spiro atoms. The number of fused-ring (bicyclic) bond motifs is 1. The van der Waals surface area contributed by atoms with E-state index in [4.69, 9.17) is 17.3 Å². The summed E-state index contributed by atoms with van der Waals surface area (Å²) in [5.74, 6) is 0.494. The van der Waals surface area contributed by atoms with Gasteiger partial charge in [0.15, 0.2) is 0 Å². The zero-order chi connectivity index (χ0) is 10.1. The molecule has 0 amide bonds. The second kappa shape index (κ2) is 4.21. The van der Waals surface area contributed by atoms with E-state index in [2.05, 4.69) is 22.0 Å². The molecule has 1 unspecified atom stereocenters. The maximum Gasteiger partial charge on any atom is 0.0452 e. The largest absolute Gasteiger partial charge is 0.330 e. The van der Waals surface area contributed by atoms with Crippen LogP contribution in [0.25, 0.3) is 0 Å². The summed E-state index contributed by atoms with van der Waals surface area (Å²) in [5, 5.41) is 0.882. The van der Waals surface area contributed by atoms with E-state index in [1.54, 1.807) is 0 Å². The third kappa shape index (κ3) is 1.83. The molecule has 1 atom stereocenters. The van der Waals surface area contributed by atoms with Crippen LogP contribution in [0.5, 0.6) is 0 Å². The Morgan fingerprint density at radius 1 is 1.50 bits per heavy atom. The van der Waals surface area contributed by atoms with Crippen LogP contribution in [-0.4, -0.2) is 6.54 Å². The van der Waals surface area contributed by atoms with Crippen molar-refractivity contribution in [2.45, 2.75) is 25.2 Å². The number of hydrogen-bond acceptors (Lipinski definition) is 1. The average molecular weight is 275 g/mol. The Morgan fingerprint density at radius 3 is 3.00 bits per heavy atom. The fourth-order valence-electron chi connectivity index (χ4n) is 2.18. The van der Waals surface area contributed by atoms with Gasteiger partial charge in [-0.15, -0.1) is 0 Å². The van der Waals surface area contributed by atoms with Crippen LogP contribution in [-0.2, 0) is 6.42 Å². The normalized spacial score (nSPS) is 20.6. The summed E-state index contributed by atoms with van der Waals surface area (Å²) in [6.45, 7) is 0.722. The van der Waals surface area contributed by atoms with Crippen molar-refractivity contribution in [3.8, 4) is 0 Å². The molecular formula is C11H13BrClN. The van der Waals surface area contributed by atoms with Gasteiger partial charge in [-0.25, -0.2) is 0 Å². The van der Waals surface area contributed by atoms with E-state index in [-0.39, 0.29) is 0 Å².